The summed E-state index contributed by atoms with van der Waals surface area (Å²) >= 11 is 0. The predicted octanol–water partition coefficient (Wildman–Crippen LogP) is 1.22. The maximum atomic E-state index is 12.5. The molecule has 2 N–H and O–H groups in total. The highest BCUT2D eigenvalue weighted by Crippen LogP contribution is 2.48. The van der Waals surface area contributed by atoms with Crippen molar-refractivity contribution in [2.75, 3.05) is 19.4 Å². The van der Waals surface area contributed by atoms with Gasteiger partial charge in [-0.05, 0) is 34.1 Å². The van der Waals surface area contributed by atoms with E-state index in [-0.39, 0.29) is 32.5 Å². The van der Waals surface area contributed by atoms with Crippen molar-refractivity contribution in [1.82, 2.24) is 9.55 Å². The molecule has 0 spiro atoms. The summed E-state index contributed by atoms with van der Waals surface area (Å²) in [6.07, 6.45) is 0.172. The number of hydrogen-bond acceptors (Lipinski definition) is 7. The molecule has 0 bridgehead atoms. The van der Waals surface area contributed by atoms with E-state index in [1.165, 1.54) is 17.7 Å². The summed E-state index contributed by atoms with van der Waals surface area (Å²) in [5.41, 5.74) is -0.689. The van der Waals surface area contributed by atoms with Crippen LogP contribution in [0, 0.1) is 6.92 Å². The maximum Gasteiger partial charge on any atom is 0.330 e. The molecule has 0 saturated heterocycles. The van der Waals surface area contributed by atoms with Crippen molar-refractivity contribution in [3.05, 3.63) is 32.6 Å². The molecule has 0 aliphatic rings. The number of H-pyrrole nitrogens is 1. The number of aliphatic hydroxyl groups is 1. The molecule has 144 valence electrons. The Bertz CT molecular complexity index is 688. The Morgan fingerprint density at radius 2 is 1.88 bits per heavy atom. The van der Waals surface area contributed by atoms with Crippen LogP contribution >= 0.6 is 7.60 Å². The number of aliphatic hydroxyl groups excluding tert-OH is 1. The first-order valence-corrected chi connectivity index (χ1v) is 9.93. The second-order valence-corrected chi connectivity index (χ2v) is 7.76. The van der Waals surface area contributed by atoms with Crippen molar-refractivity contribution in [2.45, 2.75) is 53.1 Å². The molecule has 1 heterocycles. The highest BCUT2D eigenvalue weighted by Gasteiger charge is 2.27. The van der Waals surface area contributed by atoms with Crippen molar-refractivity contribution < 1.29 is 23.5 Å². The van der Waals surface area contributed by atoms with Gasteiger partial charge in [-0.15, -0.1) is 0 Å². The Hall–Kier alpha value is -1.25. The van der Waals surface area contributed by atoms with Crippen molar-refractivity contribution in [3.8, 4) is 0 Å². The van der Waals surface area contributed by atoms with Crippen LogP contribution in [0.1, 0.15) is 32.8 Å². The Morgan fingerprint density at radius 3 is 2.40 bits per heavy atom. The average molecular weight is 378 g/mol. The standard InChI is InChI=1S/C15H27N2O7P/c1-5-23-25(21,24-6-2)8-7-13(12(4)18)22-10-17-9-11(3)14(19)16-15(17)20/h9,12-13,18H,5-8,10H2,1-4H3,(H,16,19,20). The summed E-state index contributed by atoms with van der Waals surface area (Å²) in [7, 11) is -3.24. The smallest absolute Gasteiger partial charge is 0.330 e. The molecule has 0 radical (unpaired) electrons. The molecule has 1 aromatic rings. The van der Waals surface area contributed by atoms with E-state index in [1.54, 1.807) is 20.8 Å². The summed E-state index contributed by atoms with van der Waals surface area (Å²) < 4.78 is 29.7. The van der Waals surface area contributed by atoms with Gasteiger partial charge in [0.05, 0.1) is 31.6 Å². The van der Waals surface area contributed by atoms with E-state index in [0.29, 0.717) is 5.56 Å². The van der Waals surface area contributed by atoms with Crippen LogP contribution in [0.5, 0.6) is 0 Å². The zero-order chi connectivity index (χ0) is 19.0. The molecular weight excluding hydrogens is 351 g/mol. The lowest BCUT2D eigenvalue weighted by Gasteiger charge is -2.23. The largest absolute Gasteiger partial charge is 0.391 e. The van der Waals surface area contributed by atoms with Gasteiger partial charge in [0.15, 0.2) is 0 Å². The molecule has 0 aromatic carbocycles. The van der Waals surface area contributed by atoms with Gasteiger partial charge in [-0.25, -0.2) is 4.79 Å². The van der Waals surface area contributed by atoms with Gasteiger partial charge in [-0.1, -0.05) is 0 Å². The lowest BCUT2D eigenvalue weighted by Crippen LogP contribution is -2.34. The molecule has 0 amide bonds. The fourth-order valence-corrected chi connectivity index (χ4v) is 3.89. The second kappa shape index (κ2) is 10.0. The van der Waals surface area contributed by atoms with Gasteiger partial charge < -0.3 is 18.9 Å². The molecule has 0 saturated carbocycles. The third-order valence-electron chi connectivity index (χ3n) is 3.49. The molecule has 0 aliphatic heterocycles. The van der Waals surface area contributed by atoms with E-state index in [9.17, 15) is 19.3 Å². The fourth-order valence-electron chi connectivity index (χ4n) is 2.20. The van der Waals surface area contributed by atoms with E-state index < -0.39 is 31.1 Å². The first-order valence-electron chi connectivity index (χ1n) is 8.20. The van der Waals surface area contributed by atoms with Gasteiger partial charge in [0.2, 0.25) is 0 Å². The van der Waals surface area contributed by atoms with E-state index in [4.69, 9.17) is 13.8 Å². The van der Waals surface area contributed by atoms with E-state index in [1.807, 2.05) is 0 Å². The van der Waals surface area contributed by atoms with Gasteiger partial charge in [0.1, 0.15) is 6.73 Å². The van der Waals surface area contributed by atoms with Crippen LogP contribution in [-0.4, -0.2) is 46.2 Å². The topological polar surface area (TPSA) is 120 Å². The SMILES string of the molecule is CCOP(=O)(CCC(OCn1cc(C)c(=O)[nH]c1=O)C(C)O)OCC. The minimum Gasteiger partial charge on any atom is -0.391 e. The third-order valence-corrected chi connectivity index (χ3v) is 5.60. The number of ether oxygens (including phenoxy) is 1. The van der Waals surface area contributed by atoms with Crippen LogP contribution in [0.2, 0.25) is 0 Å². The Labute approximate surface area is 146 Å². The molecule has 25 heavy (non-hydrogen) atoms. The number of aromatic amines is 1. The zero-order valence-corrected chi connectivity index (χ0v) is 16.0. The van der Waals surface area contributed by atoms with Gasteiger partial charge in [-0.3, -0.25) is 18.9 Å². The van der Waals surface area contributed by atoms with Gasteiger partial charge >= 0.3 is 13.3 Å². The highest BCUT2D eigenvalue weighted by molar-refractivity contribution is 7.53. The number of nitrogens with one attached hydrogen (secondary N) is 1. The van der Waals surface area contributed by atoms with Gasteiger partial charge in [-0.2, -0.15) is 0 Å². The van der Waals surface area contributed by atoms with Crippen LogP contribution in [0.4, 0.5) is 0 Å². The van der Waals surface area contributed by atoms with E-state index in [0.717, 1.165) is 0 Å². The number of aromatic nitrogens is 2. The Balaban J connectivity index is 2.75. The summed E-state index contributed by atoms with van der Waals surface area (Å²) in [6.45, 7) is 6.91. The molecule has 2 unspecified atom stereocenters. The van der Waals surface area contributed by atoms with E-state index in [2.05, 4.69) is 4.98 Å². The summed E-state index contributed by atoms with van der Waals surface area (Å²) in [6, 6.07) is 0. The lowest BCUT2D eigenvalue weighted by molar-refractivity contribution is -0.0612. The molecule has 2 atom stereocenters. The number of aryl methyl sites for hydroxylation is 1. The van der Waals surface area contributed by atoms with Crippen molar-refractivity contribution >= 4 is 7.60 Å². The third kappa shape index (κ3) is 6.87. The van der Waals surface area contributed by atoms with Gasteiger partial charge in [0, 0.05) is 11.8 Å². The van der Waals surface area contributed by atoms with Crippen molar-refractivity contribution in [1.29, 1.82) is 0 Å². The average Bonchev–Trinajstić information content (AvgIpc) is 2.52. The maximum absolute atomic E-state index is 12.5. The van der Waals surface area contributed by atoms with Crippen molar-refractivity contribution in [3.63, 3.8) is 0 Å². The zero-order valence-electron chi connectivity index (χ0n) is 15.1. The number of hydrogen-bond donors (Lipinski definition) is 2. The molecule has 1 rings (SSSR count). The fraction of sp³-hybridized carbons (Fsp3) is 0.733. The first-order chi connectivity index (χ1) is 11.7. The lowest BCUT2D eigenvalue weighted by atomic mass is 10.2. The Morgan fingerprint density at radius 1 is 1.28 bits per heavy atom. The second-order valence-electron chi connectivity index (χ2n) is 5.57. The highest BCUT2D eigenvalue weighted by atomic mass is 31.2. The molecule has 9 nitrogen and oxygen atoms in total. The molecule has 1 aromatic heterocycles. The first kappa shape index (κ1) is 21.8. The molecule has 0 aliphatic carbocycles. The minimum atomic E-state index is -3.24. The van der Waals surface area contributed by atoms with Crippen LogP contribution in [0.25, 0.3) is 0 Å². The minimum absolute atomic E-state index is 0.0871. The van der Waals surface area contributed by atoms with Gasteiger partial charge in [0.25, 0.3) is 5.56 Å². The van der Waals surface area contributed by atoms with Crippen LogP contribution in [-0.2, 0) is 25.1 Å². The van der Waals surface area contributed by atoms with Crippen molar-refractivity contribution in [2.24, 2.45) is 0 Å². The molecular formula is C15H27N2O7P. The summed E-state index contributed by atoms with van der Waals surface area (Å²) in [5.74, 6) is 0. The van der Waals surface area contributed by atoms with Crippen LogP contribution in [0.15, 0.2) is 15.8 Å². The Kier molecular flexibility index (Phi) is 8.75. The predicted molar refractivity (Wildman–Crippen MR) is 93.0 cm³/mol. The normalized spacial score (nSPS) is 14.4. The van der Waals surface area contributed by atoms with Crippen LogP contribution in [0.3, 0.4) is 0 Å². The molecule has 0 fully saturated rings. The van der Waals surface area contributed by atoms with Crippen LogP contribution < -0.4 is 11.2 Å². The quantitative estimate of drug-likeness (QED) is 0.556. The number of rotatable bonds is 11. The summed E-state index contributed by atoms with van der Waals surface area (Å²) in [5, 5.41) is 9.87. The monoisotopic (exact) mass is 378 g/mol. The summed E-state index contributed by atoms with van der Waals surface area (Å²) in [4.78, 5) is 25.3. The van der Waals surface area contributed by atoms with E-state index >= 15 is 0 Å². The number of nitrogens with zero attached hydrogens (tertiary/aromatic N) is 1. The molecule has 10 heteroatoms.